The summed E-state index contributed by atoms with van der Waals surface area (Å²) in [6, 6.07) is 22.0. The van der Waals surface area contributed by atoms with Crippen LogP contribution in [0.3, 0.4) is 0 Å². The predicted molar refractivity (Wildman–Crippen MR) is 120 cm³/mol. The lowest BCUT2D eigenvalue weighted by Gasteiger charge is -2.30. The molecule has 172 valence electrons. The molecular formula is C26H26F2N2O3. The van der Waals surface area contributed by atoms with Crippen LogP contribution in [0.1, 0.15) is 16.7 Å². The molecule has 0 aromatic heterocycles. The van der Waals surface area contributed by atoms with Crippen molar-refractivity contribution >= 4 is 6.09 Å². The lowest BCUT2D eigenvalue weighted by Crippen LogP contribution is -2.42. The van der Waals surface area contributed by atoms with Gasteiger partial charge < -0.3 is 14.7 Å². The van der Waals surface area contributed by atoms with Crippen LogP contribution >= 0.6 is 0 Å². The molecular weight excluding hydrogens is 426 g/mol. The van der Waals surface area contributed by atoms with E-state index in [4.69, 9.17) is 4.74 Å². The van der Waals surface area contributed by atoms with Crippen LogP contribution in [0, 0.1) is 11.6 Å². The highest BCUT2D eigenvalue weighted by Gasteiger charge is 2.38. The molecule has 2 atom stereocenters. The predicted octanol–water partition coefficient (Wildman–Crippen LogP) is 4.35. The second kappa shape index (κ2) is 10.6. The summed E-state index contributed by atoms with van der Waals surface area (Å²) in [6.45, 7) is 1.19. The van der Waals surface area contributed by atoms with Crippen LogP contribution in [0.4, 0.5) is 13.6 Å². The summed E-state index contributed by atoms with van der Waals surface area (Å²) in [7, 11) is 0. The Morgan fingerprint density at radius 2 is 1.45 bits per heavy atom. The van der Waals surface area contributed by atoms with Crippen molar-refractivity contribution in [1.29, 1.82) is 0 Å². The summed E-state index contributed by atoms with van der Waals surface area (Å²) in [4.78, 5) is 16.0. The number of nitrogens with zero attached hydrogens (tertiary/aromatic N) is 2. The van der Waals surface area contributed by atoms with Gasteiger partial charge in [-0.3, -0.25) is 4.90 Å². The van der Waals surface area contributed by atoms with Crippen LogP contribution in [0.25, 0.3) is 0 Å². The second-order valence-electron chi connectivity index (χ2n) is 8.25. The van der Waals surface area contributed by atoms with Crippen LogP contribution in [0.2, 0.25) is 0 Å². The van der Waals surface area contributed by atoms with Crippen LogP contribution in [-0.2, 0) is 24.4 Å². The minimum absolute atomic E-state index is 0.126. The molecule has 0 saturated carbocycles. The lowest BCUT2D eigenvalue weighted by atomic mass is 10.1. The van der Waals surface area contributed by atoms with Crippen molar-refractivity contribution in [3.8, 4) is 0 Å². The van der Waals surface area contributed by atoms with Gasteiger partial charge in [0.2, 0.25) is 0 Å². The summed E-state index contributed by atoms with van der Waals surface area (Å²) < 4.78 is 33.0. The maximum absolute atomic E-state index is 13.8. The Bertz CT molecular complexity index is 1050. The van der Waals surface area contributed by atoms with Gasteiger partial charge in [-0.1, -0.05) is 60.7 Å². The molecule has 1 heterocycles. The molecule has 1 aliphatic rings. The van der Waals surface area contributed by atoms with E-state index >= 15 is 0 Å². The topological polar surface area (TPSA) is 53.0 Å². The van der Waals surface area contributed by atoms with E-state index in [9.17, 15) is 18.7 Å². The zero-order valence-electron chi connectivity index (χ0n) is 18.1. The smallest absolute Gasteiger partial charge is 0.410 e. The average Bonchev–Trinajstić information content (AvgIpc) is 3.19. The van der Waals surface area contributed by atoms with Gasteiger partial charge in [0, 0.05) is 25.7 Å². The maximum atomic E-state index is 13.8. The monoisotopic (exact) mass is 452 g/mol. The number of aliphatic hydroxyl groups is 1. The van der Waals surface area contributed by atoms with Crippen molar-refractivity contribution in [2.45, 2.75) is 31.8 Å². The molecule has 33 heavy (non-hydrogen) atoms. The Morgan fingerprint density at radius 3 is 2.09 bits per heavy atom. The average molecular weight is 453 g/mol. The molecule has 4 rings (SSSR count). The molecule has 1 amide bonds. The van der Waals surface area contributed by atoms with E-state index in [1.807, 2.05) is 65.6 Å². The Hall–Kier alpha value is -3.29. The Kier molecular flexibility index (Phi) is 7.32. The van der Waals surface area contributed by atoms with Gasteiger partial charge in [-0.2, -0.15) is 0 Å². The zero-order valence-corrected chi connectivity index (χ0v) is 18.1. The molecule has 1 fully saturated rings. The number of benzene rings is 3. The van der Waals surface area contributed by atoms with Gasteiger partial charge in [-0.15, -0.1) is 0 Å². The Balaban J connectivity index is 1.47. The molecule has 0 spiro atoms. The summed E-state index contributed by atoms with van der Waals surface area (Å²) in [5, 5.41) is 10.8. The van der Waals surface area contributed by atoms with Crippen molar-refractivity contribution in [2.75, 3.05) is 13.1 Å². The summed E-state index contributed by atoms with van der Waals surface area (Å²) >= 11 is 0. The van der Waals surface area contributed by atoms with Crippen LogP contribution in [0.5, 0.6) is 0 Å². The number of rotatable bonds is 7. The fourth-order valence-corrected chi connectivity index (χ4v) is 4.13. The number of hydrogen-bond acceptors (Lipinski definition) is 4. The number of hydrogen-bond donors (Lipinski definition) is 1. The van der Waals surface area contributed by atoms with Gasteiger partial charge in [0.1, 0.15) is 18.2 Å². The second-order valence-corrected chi connectivity index (χ2v) is 8.25. The molecule has 0 bridgehead atoms. The number of likely N-dealkylation sites (tertiary alicyclic amines) is 1. The number of ether oxygens (including phenoxy) is 1. The van der Waals surface area contributed by atoms with E-state index in [0.717, 1.165) is 17.2 Å². The lowest BCUT2D eigenvalue weighted by molar-refractivity contribution is 0.0727. The van der Waals surface area contributed by atoms with Crippen molar-refractivity contribution in [3.05, 3.63) is 107 Å². The molecule has 1 N–H and O–H groups in total. The quantitative estimate of drug-likeness (QED) is 0.579. The summed E-state index contributed by atoms with van der Waals surface area (Å²) in [5.41, 5.74) is 2.33. The molecule has 5 nitrogen and oxygen atoms in total. The third-order valence-corrected chi connectivity index (χ3v) is 5.73. The van der Waals surface area contributed by atoms with Crippen LogP contribution in [0.15, 0.2) is 78.9 Å². The third-order valence-electron chi connectivity index (χ3n) is 5.73. The van der Waals surface area contributed by atoms with Gasteiger partial charge in [0.15, 0.2) is 0 Å². The summed E-state index contributed by atoms with van der Waals surface area (Å²) in [5.74, 6) is -1.30. The Labute approximate surface area is 191 Å². The molecule has 0 unspecified atom stereocenters. The number of β-amino-alcohol motifs (C(OH)–C–C–N with tert-alkyl or cyclic N) is 1. The minimum atomic E-state index is -0.823. The van der Waals surface area contributed by atoms with E-state index in [1.165, 1.54) is 17.0 Å². The largest absolute Gasteiger partial charge is 0.445 e. The van der Waals surface area contributed by atoms with E-state index in [1.54, 1.807) is 0 Å². The van der Waals surface area contributed by atoms with Gasteiger partial charge in [0.25, 0.3) is 0 Å². The SMILES string of the molecule is O=C(OCc1ccccc1)N1C[C@@H](O)[C@H](N(Cc2ccccc2)Cc2cc(F)cc(F)c2)C1. The van der Waals surface area contributed by atoms with Crippen LogP contribution < -0.4 is 0 Å². The number of carbonyl (C=O) groups is 1. The molecule has 7 heteroatoms. The van der Waals surface area contributed by atoms with Gasteiger partial charge in [-0.05, 0) is 28.8 Å². The van der Waals surface area contributed by atoms with Crippen molar-refractivity contribution in [1.82, 2.24) is 9.80 Å². The van der Waals surface area contributed by atoms with E-state index in [2.05, 4.69) is 0 Å². The number of aliphatic hydroxyl groups excluding tert-OH is 1. The molecule has 3 aromatic rings. The first-order valence-electron chi connectivity index (χ1n) is 10.8. The normalized spacial score (nSPS) is 18.0. The number of carbonyl (C=O) groups excluding carboxylic acids is 1. The van der Waals surface area contributed by atoms with Crippen molar-refractivity contribution in [2.24, 2.45) is 0 Å². The number of halogens is 2. The highest BCUT2D eigenvalue weighted by molar-refractivity contribution is 5.68. The fraction of sp³-hybridized carbons (Fsp3) is 0.269. The molecule has 0 aliphatic carbocycles. The van der Waals surface area contributed by atoms with Gasteiger partial charge in [-0.25, -0.2) is 13.6 Å². The van der Waals surface area contributed by atoms with Crippen LogP contribution in [-0.4, -0.2) is 46.2 Å². The number of amides is 1. The molecule has 1 saturated heterocycles. The van der Waals surface area contributed by atoms with E-state index < -0.39 is 29.9 Å². The highest BCUT2D eigenvalue weighted by Crippen LogP contribution is 2.23. The van der Waals surface area contributed by atoms with E-state index in [-0.39, 0.29) is 26.2 Å². The first-order valence-corrected chi connectivity index (χ1v) is 10.8. The zero-order chi connectivity index (χ0) is 23.2. The highest BCUT2D eigenvalue weighted by atomic mass is 19.1. The third kappa shape index (κ3) is 6.15. The first kappa shape index (κ1) is 22.9. The van der Waals surface area contributed by atoms with E-state index in [0.29, 0.717) is 12.1 Å². The van der Waals surface area contributed by atoms with Gasteiger partial charge in [0.05, 0.1) is 18.7 Å². The molecule has 1 aliphatic heterocycles. The minimum Gasteiger partial charge on any atom is -0.445 e. The maximum Gasteiger partial charge on any atom is 0.410 e. The Morgan fingerprint density at radius 1 is 0.879 bits per heavy atom. The van der Waals surface area contributed by atoms with Crippen molar-refractivity contribution in [3.63, 3.8) is 0 Å². The van der Waals surface area contributed by atoms with Crippen molar-refractivity contribution < 1.29 is 23.4 Å². The molecule has 3 aromatic carbocycles. The standard InChI is InChI=1S/C26H26F2N2O3/c27-22-11-21(12-23(28)13-22)15-29(14-19-7-3-1-4-8-19)24-16-30(17-25(24)31)26(32)33-18-20-9-5-2-6-10-20/h1-13,24-25,31H,14-18H2/t24-,25-/m1/s1. The molecule has 0 radical (unpaired) electrons. The van der Waals surface area contributed by atoms with Gasteiger partial charge >= 0.3 is 6.09 Å². The fourth-order valence-electron chi connectivity index (χ4n) is 4.13. The summed E-state index contributed by atoms with van der Waals surface area (Å²) in [6.07, 6.45) is -1.33. The first-order chi connectivity index (χ1) is 16.0.